The monoisotopic (exact) mass is 538 g/mol. The number of aliphatic imine (C=N–C) groups is 1. The molecule has 170 valence electrons. The molecule has 0 saturated carbocycles. The van der Waals surface area contributed by atoms with Crippen LogP contribution in [0.15, 0.2) is 53.5 Å². The minimum Gasteiger partial charge on any atom is -0.496 e. The highest BCUT2D eigenvalue weighted by atomic mass is 127. The van der Waals surface area contributed by atoms with Gasteiger partial charge in [-0.05, 0) is 50.0 Å². The highest BCUT2D eigenvalue weighted by Gasteiger charge is 2.26. The van der Waals surface area contributed by atoms with Gasteiger partial charge in [0.05, 0.1) is 20.3 Å². The zero-order valence-corrected chi connectivity index (χ0v) is 21.1. The van der Waals surface area contributed by atoms with E-state index in [1.54, 1.807) is 14.2 Å². The van der Waals surface area contributed by atoms with Gasteiger partial charge in [-0.1, -0.05) is 36.4 Å². The van der Waals surface area contributed by atoms with Crippen molar-refractivity contribution in [2.45, 2.75) is 25.3 Å². The van der Waals surface area contributed by atoms with Crippen molar-refractivity contribution in [3.63, 3.8) is 0 Å². The summed E-state index contributed by atoms with van der Waals surface area (Å²) in [5, 5.41) is 6.95. The van der Waals surface area contributed by atoms with E-state index in [2.05, 4.69) is 38.7 Å². The minimum absolute atomic E-state index is 0. The smallest absolute Gasteiger partial charge is 0.191 e. The molecular weight excluding hydrogens is 503 g/mol. The highest BCUT2D eigenvalue weighted by molar-refractivity contribution is 14.0. The molecule has 1 heterocycles. The number of methoxy groups -OCH3 is 2. The van der Waals surface area contributed by atoms with Crippen LogP contribution < -0.4 is 20.1 Å². The molecule has 1 unspecified atom stereocenters. The molecule has 31 heavy (non-hydrogen) atoms. The topological polar surface area (TPSA) is 58.1 Å². The van der Waals surface area contributed by atoms with E-state index < -0.39 is 0 Å². The first-order chi connectivity index (χ1) is 14.8. The Morgan fingerprint density at radius 3 is 2.29 bits per heavy atom. The fourth-order valence-corrected chi connectivity index (χ4v) is 4.07. The van der Waals surface area contributed by atoms with Gasteiger partial charge in [-0.25, -0.2) is 0 Å². The molecule has 1 atom stereocenters. The van der Waals surface area contributed by atoms with Crippen LogP contribution in [0.1, 0.15) is 30.0 Å². The fraction of sp³-hybridized carbons (Fsp3) is 0.458. The number of rotatable bonds is 9. The fourth-order valence-electron chi connectivity index (χ4n) is 4.07. The third-order valence-electron chi connectivity index (χ3n) is 5.65. The Labute approximate surface area is 203 Å². The molecule has 3 rings (SSSR count). The van der Waals surface area contributed by atoms with E-state index in [1.165, 1.54) is 24.0 Å². The number of guanidine groups is 1. The van der Waals surface area contributed by atoms with Gasteiger partial charge in [-0.2, -0.15) is 0 Å². The Balaban J connectivity index is 0.00000341. The molecule has 6 nitrogen and oxygen atoms in total. The second-order valence-electron chi connectivity index (χ2n) is 7.44. The van der Waals surface area contributed by atoms with Gasteiger partial charge in [0, 0.05) is 25.7 Å². The van der Waals surface area contributed by atoms with Crippen molar-refractivity contribution in [2.24, 2.45) is 4.99 Å². The van der Waals surface area contributed by atoms with Gasteiger partial charge in [0.15, 0.2) is 5.96 Å². The van der Waals surface area contributed by atoms with E-state index in [0.29, 0.717) is 0 Å². The zero-order chi connectivity index (χ0) is 21.2. The van der Waals surface area contributed by atoms with E-state index >= 15 is 0 Å². The van der Waals surface area contributed by atoms with Gasteiger partial charge in [0.25, 0.3) is 0 Å². The first-order valence-electron chi connectivity index (χ1n) is 10.7. The van der Waals surface area contributed by atoms with Crippen LogP contribution >= 0.6 is 24.0 Å². The molecule has 0 bridgehead atoms. The van der Waals surface area contributed by atoms with Gasteiger partial charge in [-0.15, -0.1) is 24.0 Å². The molecule has 1 aliphatic rings. The Morgan fingerprint density at radius 1 is 0.968 bits per heavy atom. The lowest BCUT2D eigenvalue weighted by molar-refractivity contribution is 0.239. The summed E-state index contributed by atoms with van der Waals surface area (Å²) < 4.78 is 11.1. The van der Waals surface area contributed by atoms with E-state index in [9.17, 15) is 0 Å². The number of para-hydroxylation sites is 2. The van der Waals surface area contributed by atoms with Gasteiger partial charge in [-0.3, -0.25) is 9.89 Å². The number of likely N-dealkylation sites (tertiary alicyclic amines) is 1. The summed E-state index contributed by atoms with van der Waals surface area (Å²) in [4.78, 5) is 6.94. The van der Waals surface area contributed by atoms with Gasteiger partial charge < -0.3 is 20.1 Å². The number of nitrogens with zero attached hydrogens (tertiary/aromatic N) is 2. The van der Waals surface area contributed by atoms with Gasteiger partial charge >= 0.3 is 0 Å². The zero-order valence-electron chi connectivity index (χ0n) is 18.8. The van der Waals surface area contributed by atoms with E-state index in [1.807, 2.05) is 37.4 Å². The maximum absolute atomic E-state index is 5.64. The third-order valence-corrected chi connectivity index (χ3v) is 5.65. The van der Waals surface area contributed by atoms with Crippen molar-refractivity contribution in [1.29, 1.82) is 0 Å². The number of hydrogen-bond donors (Lipinski definition) is 2. The number of nitrogens with one attached hydrogen (secondary N) is 2. The van der Waals surface area contributed by atoms with Crippen molar-refractivity contribution in [3.8, 4) is 11.5 Å². The number of halogens is 1. The summed E-state index contributed by atoms with van der Waals surface area (Å²) in [6.07, 6.45) is 3.36. The number of benzene rings is 2. The predicted octanol–water partition coefficient (Wildman–Crippen LogP) is 3.87. The summed E-state index contributed by atoms with van der Waals surface area (Å²) in [6, 6.07) is 16.7. The molecule has 2 N–H and O–H groups in total. The van der Waals surface area contributed by atoms with Crippen molar-refractivity contribution in [1.82, 2.24) is 15.5 Å². The quantitative estimate of drug-likeness (QED) is 0.289. The lowest BCUT2D eigenvalue weighted by Gasteiger charge is -2.30. The van der Waals surface area contributed by atoms with E-state index in [4.69, 9.17) is 9.47 Å². The van der Waals surface area contributed by atoms with E-state index in [0.717, 1.165) is 50.1 Å². The largest absolute Gasteiger partial charge is 0.496 e. The molecule has 0 aromatic heterocycles. The Bertz CT molecular complexity index is 825. The van der Waals surface area contributed by atoms with Crippen molar-refractivity contribution in [2.75, 3.05) is 47.4 Å². The van der Waals surface area contributed by atoms with Crippen LogP contribution in [0.2, 0.25) is 0 Å². The summed E-state index contributed by atoms with van der Waals surface area (Å²) >= 11 is 0. The number of ether oxygens (including phenoxy) is 2. The maximum atomic E-state index is 5.64. The molecule has 1 aliphatic heterocycles. The minimum atomic E-state index is 0. The Kier molecular flexibility index (Phi) is 10.9. The normalized spacial score (nSPS) is 15.1. The van der Waals surface area contributed by atoms with Crippen LogP contribution in [-0.2, 0) is 6.42 Å². The molecular formula is C24H35IN4O2. The molecule has 1 saturated heterocycles. The van der Waals surface area contributed by atoms with Crippen LogP contribution in [-0.4, -0.2) is 58.3 Å². The van der Waals surface area contributed by atoms with Crippen LogP contribution in [0.3, 0.4) is 0 Å². The summed E-state index contributed by atoms with van der Waals surface area (Å²) in [5.74, 6) is 2.67. The lowest BCUT2D eigenvalue weighted by atomic mass is 10.0. The molecule has 7 heteroatoms. The summed E-state index contributed by atoms with van der Waals surface area (Å²) in [5.41, 5.74) is 2.41. The SMILES string of the molecule is CN=C(NCCc1ccccc1OC)NCC(c1ccccc1OC)N1CCCC1.I. The molecule has 0 radical (unpaired) electrons. The first-order valence-corrected chi connectivity index (χ1v) is 10.7. The van der Waals surface area contributed by atoms with Gasteiger partial charge in [0.1, 0.15) is 11.5 Å². The number of hydrogen-bond acceptors (Lipinski definition) is 4. The van der Waals surface area contributed by atoms with Crippen LogP contribution in [0, 0.1) is 0 Å². The molecule has 0 amide bonds. The van der Waals surface area contributed by atoms with Crippen molar-refractivity contribution >= 4 is 29.9 Å². The van der Waals surface area contributed by atoms with Crippen molar-refractivity contribution < 1.29 is 9.47 Å². The second-order valence-corrected chi connectivity index (χ2v) is 7.44. The van der Waals surface area contributed by atoms with Crippen LogP contribution in [0.25, 0.3) is 0 Å². The van der Waals surface area contributed by atoms with Gasteiger partial charge in [0.2, 0.25) is 0 Å². The maximum Gasteiger partial charge on any atom is 0.191 e. The average Bonchev–Trinajstić information content (AvgIpc) is 3.33. The van der Waals surface area contributed by atoms with Crippen LogP contribution in [0.5, 0.6) is 11.5 Å². The highest BCUT2D eigenvalue weighted by Crippen LogP contribution is 2.31. The van der Waals surface area contributed by atoms with Crippen molar-refractivity contribution in [3.05, 3.63) is 59.7 Å². The second kappa shape index (κ2) is 13.4. The molecule has 1 fully saturated rings. The lowest BCUT2D eigenvalue weighted by Crippen LogP contribution is -2.43. The molecule has 2 aromatic carbocycles. The standard InChI is InChI=1S/C24H34N4O2.HI/c1-25-24(26-15-14-19-10-4-6-12-22(19)29-2)27-18-21(28-16-8-9-17-28)20-11-5-7-13-23(20)30-3;/h4-7,10-13,21H,8-9,14-18H2,1-3H3,(H2,25,26,27);1H. The Hall–Kier alpha value is -2.00. The first kappa shape index (κ1) is 25.3. The molecule has 2 aromatic rings. The molecule has 0 aliphatic carbocycles. The Morgan fingerprint density at radius 2 is 1.61 bits per heavy atom. The third kappa shape index (κ3) is 7.00. The summed E-state index contributed by atoms with van der Waals surface area (Å²) in [6.45, 7) is 3.78. The van der Waals surface area contributed by atoms with Crippen LogP contribution in [0.4, 0.5) is 0 Å². The van der Waals surface area contributed by atoms with E-state index in [-0.39, 0.29) is 30.0 Å². The molecule has 0 spiro atoms. The average molecular weight is 538 g/mol. The predicted molar refractivity (Wildman–Crippen MR) is 138 cm³/mol. The summed E-state index contributed by atoms with van der Waals surface area (Å²) in [7, 11) is 5.27.